The Morgan fingerprint density at radius 3 is 1.89 bits per heavy atom. The first-order valence-electron chi connectivity index (χ1n) is 7.08. The van der Waals surface area contributed by atoms with Gasteiger partial charge in [-0.05, 0) is 44.9 Å². The molecule has 0 amide bonds. The lowest BCUT2D eigenvalue weighted by atomic mass is 10.3. The highest BCUT2D eigenvalue weighted by Gasteiger charge is 2.24. The molecule has 0 aromatic rings. The maximum Gasteiger partial charge on any atom is 0.247 e. The van der Waals surface area contributed by atoms with Crippen LogP contribution < -0.4 is 0 Å². The molecule has 0 aromatic heterocycles. The zero-order chi connectivity index (χ0) is 14.0. The van der Waals surface area contributed by atoms with Crippen LogP contribution >= 0.6 is 17.1 Å². The summed E-state index contributed by atoms with van der Waals surface area (Å²) in [4.78, 5) is 0. The molecular weight excluding hydrogens is 283 g/mol. The second-order valence-corrected chi connectivity index (χ2v) is 11.0. The summed E-state index contributed by atoms with van der Waals surface area (Å²) in [5.41, 5.74) is -2.15. The van der Waals surface area contributed by atoms with Crippen LogP contribution in [0.5, 0.6) is 0 Å². The van der Waals surface area contributed by atoms with Crippen LogP contribution in [0.4, 0.5) is 0 Å². The molecule has 0 aromatic carbocycles. The first-order valence-corrected chi connectivity index (χ1v) is 11.3. The monoisotopic (exact) mass is 312 g/mol. The summed E-state index contributed by atoms with van der Waals surface area (Å²) in [5, 5.41) is 0. The van der Waals surface area contributed by atoms with Crippen LogP contribution in [-0.4, -0.2) is 18.0 Å². The Balaban J connectivity index is 4.34. The predicted molar refractivity (Wildman–Crippen MR) is 87.9 cm³/mol. The highest BCUT2D eigenvalue weighted by atomic mass is 32.9. The van der Waals surface area contributed by atoms with Gasteiger partial charge in [-0.1, -0.05) is 45.0 Å². The lowest BCUT2D eigenvalue weighted by Crippen LogP contribution is -2.10. The third-order valence-electron chi connectivity index (χ3n) is 2.77. The summed E-state index contributed by atoms with van der Waals surface area (Å²) in [6, 6.07) is 0. The molecular formula is C13H29O2PS2. The van der Waals surface area contributed by atoms with Crippen LogP contribution in [-0.2, 0) is 20.9 Å². The summed E-state index contributed by atoms with van der Waals surface area (Å²) < 4.78 is 12.0. The van der Waals surface area contributed by atoms with Gasteiger partial charge in [0, 0.05) is 5.75 Å². The van der Waals surface area contributed by atoms with E-state index in [0.29, 0.717) is 0 Å². The standard InChI is InChI=1S/C13H29O2PS2/c1-6-9-10-11-18-16(17,14-12(4)7-2)15-13(5)8-3/h12-13H,6-11H2,1-5H3. The molecule has 0 aliphatic heterocycles. The molecule has 110 valence electrons. The molecule has 0 N–H and O–H groups in total. The molecule has 0 aliphatic rings. The first kappa shape index (κ1) is 18.9. The highest BCUT2D eigenvalue weighted by Crippen LogP contribution is 2.63. The van der Waals surface area contributed by atoms with Gasteiger partial charge in [-0.25, -0.2) is 0 Å². The van der Waals surface area contributed by atoms with Crippen molar-refractivity contribution in [1.29, 1.82) is 0 Å². The SMILES string of the molecule is CCCCCSP(=S)(OC(C)CC)OC(C)CC. The predicted octanol–water partition coefficient (Wildman–Crippen LogP) is 5.76. The average molecular weight is 312 g/mol. The van der Waals surface area contributed by atoms with Crippen molar-refractivity contribution in [3.8, 4) is 0 Å². The van der Waals surface area contributed by atoms with E-state index in [0.717, 1.165) is 18.6 Å². The number of unbranched alkanes of at least 4 members (excludes halogenated alkanes) is 2. The Morgan fingerprint density at radius 1 is 1.00 bits per heavy atom. The largest absolute Gasteiger partial charge is 0.319 e. The summed E-state index contributed by atoms with van der Waals surface area (Å²) in [5.74, 6) is 1.05. The quantitative estimate of drug-likeness (QED) is 0.356. The Labute approximate surface area is 123 Å². The second kappa shape index (κ2) is 10.7. The van der Waals surface area contributed by atoms with Crippen molar-refractivity contribution in [2.24, 2.45) is 0 Å². The van der Waals surface area contributed by atoms with Gasteiger partial charge in [-0.15, -0.1) is 0 Å². The molecule has 0 radical (unpaired) electrons. The van der Waals surface area contributed by atoms with E-state index in [1.54, 1.807) is 11.4 Å². The highest BCUT2D eigenvalue weighted by molar-refractivity contribution is 8.67. The van der Waals surface area contributed by atoms with Crippen LogP contribution in [0.2, 0.25) is 0 Å². The molecule has 0 rings (SSSR count). The molecule has 0 fully saturated rings. The van der Waals surface area contributed by atoms with E-state index in [-0.39, 0.29) is 12.2 Å². The van der Waals surface area contributed by atoms with Crippen molar-refractivity contribution in [3.63, 3.8) is 0 Å². The normalized spacial score (nSPS) is 18.3. The van der Waals surface area contributed by atoms with Crippen molar-refractivity contribution < 1.29 is 9.05 Å². The topological polar surface area (TPSA) is 18.5 Å². The molecule has 0 bridgehead atoms. The zero-order valence-corrected chi connectivity index (χ0v) is 15.0. The summed E-state index contributed by atoms with van der Waals surface area (Å²) >= 11 is 7.40. The number of hydrogen-bond acceptors (Lipinski definition) is 4. The van der Waals surface area contributed by atoms with Gasteiger partial charge in [0.15, 0.2) is 0 Å². The van der Waals surface area contributed by atoms with E-state index in [4.69, 9.17) is 20.9 Å². The fourth-order valence-corrected chi connectivity index (χ4v) is 6.97. The van der Waals surface area contributed by atoms with Gasteiger partial charge in [-0.2, -0.15) is 0 Å². The van der Waals surface area contributed by atoms with Gasteiger partial charge in [0.2, 0.25) is 5.69 Å². The molecule has 0 aliphatic carbocycles. The van der Waals surface area contributed by atoms with Crippen LogP contribution in [0.1, 0.15) is 66.7 Å². The van der Waals surface area contributed by atoms with Gasteiger partial charge in [-0.3, -0.25) is 0 Å². The van der Waals surface area contributed by atoms with Crippen molar-refractivity contribution in [2.45, 2.75) is 78.9 Å². The van der Waals surface area contributed by atoms with E-state index in [9.17, 15) is 0 Å². The van der Waals surface area contributed by atoms with Crippen LogP contribution in [0.25, 0.3) is 0 Å². The van der Waals surface area contributed by atoms with Gasteiger partial charge in [0.25, 0.3) is 0 Å². The van der Waals surface area contributed by atoms with Crippen LogP contribution in [0.3, 0.4) is 0 Å². The Hall–Kier alpha value is 0.920. The lowest BCUT2D eigenvalue weighted by Gasteiger charge is -2.27. The smallest absolute Gasteiger partial charge is 0.247 e. The van der Waals surface area contributed by atoms with E-state index in [1.165, 1.54) is 19.3 Å². The average Bonchev–Trinajstić information content (AvgIpc) is 2.34. The summed E-state index contributed by atoms with van der Waals surface area (Å²) in [6.45, 7) is 10.6. The third kappa shape index (κ3) is 8.92. The van der Waals surface area contributed by atoms with Crippen molar-refractivity contribution in [2.75, 3.05) is 5.75 Å². The van der Waals surface area contributed by atoms with Gasteiger partial charge in [0.1, 0.15) is 0 Å². The third-order valence-corrected chi connectivity index (χ3v) is 8.27. The molecule has 2 nitrogen and oxygen atoms in total. The Bertz CT molecular complexity index is 233. The van der Waals surface area contributed by atoms with E-state index in [1.807, 2.05) is 0 Å². The molecule has 2 atom stereocenters. The van der Waals surface area contributed by atoms with Crippen molar-refractivity contribution >= 4 is 28.9 Å². The zero-order valence-electron chi connectivity index (χ0n) is 12.5. The molecule has 18 heavy (non-hydrogen) atoms. The number of rotatable bonds is 11. The van der Waals surface area contributed by atoms with Crippen molar-refractivity contribution in [3.05, 3.63) is 0 Å². The maximum atomic E-state index is 6.01. The maximum absolute atomic E-state index is 6.01. The van der Waals surface area contributed by atoms with Gasteiger partial charge < -0.3 is 9.05 Å². The van der Waals surface area contributed by atoms with E-state index in [2.05, 4.69) is 34.6 Å². The molecule has 0 saturated carbocycles. The molecule has 0 heterocycles. The molecule has 2 unspecified atom stereocenters. The minimum absolute atomic E-state index is 0.193. The molecule has 0 saturated heterocycles. The fourth-order valence-electron chi connectivity index (χ4n) is 1.20. The number of hydrogen-bond donors (Lipinski definition) is 0. The lowest BCUT2D eigenvalue weighted by molar-refractivity contribution is 0.163. The minimum atomic E-state index is -2.15. The summed E-state index contributed by atoms with van der Waals surface area (Å²) in [7, 11) is 0. The van der Waals surface area contributed by atoms with Gasteiger partial charge in [0.05, 0.1) is 12.2 Å². The van der Waals surface area contributed by atoms with Crippen LogP contribution in [0, 0.1) is 0 Å². The van der Waals surface area contributed by atoms with Gasteiger partial charge >= 0.3 is 0 Å². The fraction of sp³-hybridized carbons (Fsp3) is 1.00. The van der Waals surface area contributed by atoms with Crippen LogP contribution in [0.15, 0.2) is 0 Å². The van der Waals surface area contributed by atoms with E-state index < -0.39 is 5.69 Å². The minimum Gasteiger partial charge on any atom is -0.319 e. The Morgan fingerprint density at radius 2 is 1.50 bits per heavy atom. The summed E-state index contributed by atoms with van der Waals surface area (Å²) in [6.07, 6.45) is 6.05. The van der Waals surface area contributed by atoms with Crippen molar-refractivity contribution in [1.82, 2.24) is 0 Å². The Kier molecular flexibility index (Phi) is 11.2. The second-order valence-electron chi connectivity index (χ2n) is 4.64. The molecule has 5 heteroatoms. The first-order chi connectivity index (χ1) is 8.47. The molecule has 0 spiro atoms. The van der Waals surface area contributed by atoms with E-state index >= 15 is 0 Å².